The van der Waals surface area contributed by atoms with Crippen molar-refractivity contribution in [2.24, 2.45) is 0 Å². The molecule has 0 saturated carbocycles. The number of nitrogens with zero attached hydrogens (tertiary/aromatic N) is 2. The van der Waals surface area contributed by atoms with E-state index >= 15 is 0 Å². The summed E-state index contributed by atoms with van der Waals surface area (Å²) in [6.07, 6.45) is 1.70. The van der Waals surface area contributed by atoms with Crippen molar-refractivity contribution in [3.05, 3.63) is 76.1 Å². The molecular formula is C19H14N4O3. The Morgan fingerprint density at radius 3 is 2.77 bits per heavy atom. The number of hydrogen-bond donors (Lipinski definition) is 2. The van der Waals surface area contributed by atoms with E-state index < -0.39 is 4.92 Å². The fraction of sp³-hybridized carbons (Fsp3) is 0.0526. The van der Waals surface area contributed by atoms with Gasteiger partial charge in [-0.3, -0.25) is 19.9 Å². The van der Waals surface area contributed by atoms with Gasteiger partial charge < -0.3 is 10.3 Å². The summed E-state index contributed by atoms with van der Waals surface area (Å²) in [7, 11) is 0. The summed E-state index contributed by atoms with van der Waals surface area (Å²) in [6.45, 7) is 1.61. The number of aromatic nitrogens is 2. The van der Waals surface area contributed by atoms with Gasteiger partial charge >= 0.3 is 0 Å². The molecule has 4 aromatic rings. The number of amides is 1. The summed E-state index contributed by atoms with van der Waals surface area (Å²) in [5.74, 6) is -0.367. The Balaban J connectivity index is 1.72. The molecule has 4 rings (SSSR count). The minimum atomic E-state index is -0.467. The SMILES string of the molecule is Cc1c(NC(=O)c2cc3ccc4cccnc4c3[nH]2)cccc1[N+](=O)[O-]. The van der Waals surface area contributed by atoms with Crippen molar-refractivity contribution in [2.75, 3.05) is 5.32 Å². The minimum absolute atomic E-state index is 0.0327. The molecule has 7 heteroatoms. The van der Waals surface area contributed by atoms with Gasteiger partial charge in [-0.25, -0.2) is 0 Å². The number of carbonyl (C=O) groups excluding carboxylic acids is 1. The topological polar surface area (TPSA) is 101 Å². The monoisotopic (exact) mass is 346 g/mol. The van der Waals surface area contributed by atoms with Crippen LogP contribution in [0, 0.1) is 17.0 Å². The molecule has 0 radical (unpaired) electrons. The van der Waals surface area contributed by atoms with Crippen LogP contribution in [0.1, 0.15) is 16.1 Å². The second-order valence-electron chi connectivity index (χ2n) is 5.95. The van der Waals surface area contributed by atoms with Gasteiger partial charge in [0.25, 0.3) is 11.6 Å². The summed E-state index contributed by atoms with van der Waals surface area (Å²) >= 11 is 0. The van der Waals surface area contributed by atoms with Gasteiger partial charge in [0, 0.05) is 23.0 Å². The zero-order valence-corrected chi connectivity index (χ0v) is 13.8. The first-order valence-corrected chi connectivity index (χ1v) is 7.96. The fourth-order valence-electron chi connectivity index (χ4n) is 3.01. The Kier molecular flexibility index (Phi) is 3.62. The molecule has 0 bridgehead atoms. The Morgan fingerprint density at radius 1 is 1.15 bits per heavy atom. The first kappa shape index (κ1) is 15.8. The molecular weight excluding hydrogens is 332 g/mol. The molecule has 7 nitrogen and oxygen atoms in total. The molecule has 0 aliphatic rings. The number of pyridine rings is 1. The molecule has 0 saturated heterocycles. The molecule has 0 spiro atoms. The van der Waals surface area contributed by atoms with Crippen molar-refractivity contribution in [2.45, 2.75) is 6.92 Å². The maximum Gasteiger partial charge on any atom is 0.274 e. The molecule has 0 aliphatic heterocycles. The number of H-pyrrole nitrogens is 1. The summed E-state index contributed by atoms with van der Waals surface area (Å²) in [5.41, 5.74) is 2.72. The smallest absolute Gasteiger partial charge is 0.274 e. The van der Waals surface area contributed by atoms with Crippen LogP contribution in [0.2, 0.25) is 0 Å². The third kappa shape index (κ3) is 2.55. The second kappa shape index (κ2) is 5.96. The van der Waals surface area contributed by atoms with E-state index in [1.165, 1.54) is 6.07 Å². The fourth-order valence-corrected chi connectivity index (χ4v) is 3.01. The molecule has 0 unspecified atom stereocenters. The van der Waals surface area contributed by atoms with E-state index in [0.717, 1.165) is 21.8 Å². The van der Waals surface area contributed by atoms with Crippen LogP contribution < -0.4 is 5.32 Å². The largest absolute Gasteiger partial charge is 0.349 e. The molecule has 2 N–H and O–H groups in total. The van der Waals surface area contributed by atoms with Gasteiger partial charge in [0.2, 0.25) is 0 Å². The van der Waals surface area contributed by atoms with Gasteiger partial charge in [0.05, 0.1) is 27.2 Å². The highest BCUT2D eigenvalue weighted by Crippen LogP contribution is 2.27. The molecule has 0 fully saturated rings. The van der Waals surface area contributed by atoms with Crippen molar-refractivity contribution in [3.8, 4) is 0 Å². The lowest BCUT2D eigenvalue weighted by atomic mass is 10.1. The number of fused-ring (bicyclic) bond motifs is 3. The highest BCUT2D eigenvalue weighted by Gasteiger charge is 2.17. The number of aromatic amines is 1. The number of nitro groups is 1. The van der Waals surface area contributed by atoms with Crippen molar-refractivity contribution in [1.29, 1.82) is 0 Å². The van der Waals surface area contributed by atoms with Crippen LogP contribution in [-0.2, 0) is 0 Å². The van der Waals surface area contributed by atoms with Gasteiger partial charge in [0.1, 0.15) is 5.69 Å². The maximum atomic E-state index is 12.6. The Morgan fingerprint density at radius 2 is 1.96 bits per heavy atom. The molecule has 0 atom stereocenters. The Labute approximate surface area is 147 Å². The average Bonchev–Trinajstić information content (AvgIpc) is 3.08. The Hall–Kier alpha value is -3.74. The van der Waals surface area contributed by atoms with Gasteiger partial charge in [-0.2, -0.15) is 0 Å². The minimum Gasteiger partial charge on any atom is -0.349 e. The van der Waals surface area contributed by atoms with Gasteiger partial charge in [0.15, 0.2) is 0 Å². The lowest BCUT2D eigenvalue weighted by Crippen LogP contribution is -2.13. The maximum absolute atomic E-state index is 12.6. The van der Waals surface area contributed by atoms with E-state index in [-0.39, 0.29) is 11.6 Å². The number of carbonyl (C=O) groups is 1. The molecule has 2 heterocycles. The first-order chi connectivity index (χ1) is 12.5. The van der Waals surface area contributed by atoms with E-state index in [4.69, 9.17) is 0 Å². The van der Waals surface area contributed by atoms with Crippen LogP contribution >= 0.6 is 0 Å². The number of nitrogens with one attached hydrogen (secondary N) is 2. The van der Waals surface area contributed by atoms with Gasteiger partial charge in [-0.05, 0) is 25.1 Å². The number of benzene rings is 2. The van der Waals surface area contributed by atoms with E-state index in [2.05, 4.69) is 15.3 Å². The zero-order chi connectivity index (χ0) is 18.3. The molecule has 128 valence electrons. The van der Waals surface area contributed by atoms with Crippen molar-refractivity contribution >= 4 is 39.1 Å². The summed E-state index contributed by atoms with van der Waals surface area (Å²) < 4.78 is 0. The van der Waals surface area contributed by atoms with E-state index in [1.807, 2.05) is 24.3 Å². The predicted octanol–water partition coefficient (Wildman–Crippen LogP) is 4.19. The molecule has 0 aliphatic carbocycles. The van der Waals surface area contributed by atoms with Crippen LogP contribution in [0.4, 0.5) is 11.4 Å². The second-order valence-corrected chi connectivity index (χ2v) is 5.95. The highest BCUT2D eigenvalue weighted by molar-refractivity contribution is 6.10. The third-order valence-electron chi connectivity index (χ3n) is 4.36. The van der Waals surface area contributed by atoms with Crippen molar-refractivity contribution in [1.82, 2.24) is 9.97 Å². The molecule has 2 aromatic carbocycles. The summed E-state index contributed by atoms with van der Waals surface area (Å²) in [4.78, 5) is 30.7. The number of hydrogen-bond acceptors (Lipinski definition) is 4. The molecule has 1 amide bonds. The van der Waals surface area contributed by atoms with Gasteiger partial charge in [-0.1, -0.05) is 24.3 Å². The van der Waals surface area contributed by atoms with E-state index in [0.29, 0.717) is 16.9 Å². The quantitative estimate of drug-likeness (QED) is 0.429. The molecule has 26 heavy (non-hydrogen) atoms. The average molecular weight is 346 g/mol. The van der Waals surface area contributed by atoms with Crippen LogP contribution in [0.3, 0.4) is 0 Å². The summed E-state index contributed by atoms with van der Waals surface area (Å²) in [6, 6.07) is 14.0. The van der Waals surface area contributed by atoms with Gasteiger partial charge in [-0.15, -0.1) is 0 Å². The number of anilines is 1. The van der Waals surface area contributed by atoms with Crippen molar-refractivity contribution < 1.29 is 9.72 Å². The molecule has 2 aromatic heterocycles. The number of rotatable bonds is 3. The standard InChI is InChI=1S/C19H14N4O3/c1-11-14(5-2-6-16(11)23(25)26)22-19(24)15-10-13-8-7-12-4-3-9-20-17(12)18(13)21-15/h2-10,21H,1H3,(H,22,24). The lowest BCUT2D eigenvalue weighted by molar-refractivity contribution is -0.385. The van der Waals surface area contributed by atoms with Crippen LogP contribution in [0.15, 0.2) is 54.7 Å². The van der Waals surface area contributed by atoms with Crippen LogP contribution in [-0.4, -0.2) is 20.8 Å². The zero-order valence-electron chi connectivity index (χ0n) is 13.8. The predicted molar refractivity (Wildman–Crippen MR) is 99.4 cm³/mol. The van der Waals surface area contributed by atoms with E-state index in [1.54, 1.807) is 31.3 Å². The lowest BCUT2D eigenvalue weighted by Gasteiger charge is -2.07. The van der Waals surface area contributed by atoms with E-state index in [9.17, 15) is 14.9 Å². The Bertz CT molecular complexity index is 1180. The summed E-state index contributed by atoms with van der Waals surface area (Å²) in [5, 5.41) is 15.6. The third-order valence-corrected chi connectivity index (χ3v) is 4.36. The number of nitro benzene ring substituents is 1. The van der Waals surface area contributed by atoms with Crippen LogP contribution in [0.25, 0.3) is 21.8 Å². The van der Waals surface area contributed by atoms with Crippen LogP contribution in [0.5, 0.6) is 0 Å². The first-order valence-electron chi connectivity index (χ1n) is 7.96. The normalized spacial score (nSPS) is 11.0. The highest BCUT2D eigenvalue weighted by atomic mass is 16.6. The van der Waals surface area contributed by atoms with Crippen molar-refractivity contribution in [3.63, 3.8) is 0 Å².